The molecule has 4 aromatic rings. The first-order valence-corrected chi connectivity index (χ1v) is 8.19. The molecule has 0 fully saturated rings. The highest BCUT2D eigenvalue weighted by Crippen LogP contribution is 2.24. The van der Waals surface area contributed by atoms with Crippen molar-refractivity contribution in [2.75, 3.05) is 0 Å². The van der Waals surface area contributed by atoms with E-state index in [1.54, 1.807) is 22.7 Å². The first kappa shape index (κ1) is 11.8. The van der Waals surface area contributed by atoms with Crippen LogP contribution in [-0.4, -0.2) is 0 Å². The largest absolute Gasteiger partial charge is 0.229 e. The van der Waals surface area contributed by atoms with Gasteiger partial charge >= 0.3 is 0 Å². The lowest BCUT2D eigenvalue weighted by atomic mass is 10.2. The Hall–Kier alpha value is -1.97. The molecule has 20 heavy (non-hydrogen) atoms. The first-order chi connectivity index (χ1) is 9.90. The summed E-state index contributed by atoms with van der Waals surface area (Å²) < 4.78 is 3.53. The Bertz CT molecular complexity index is 901. The Balaban J connectivity index is 1.85. The van der Waals surface area contributed by atoms with Crippen molar-refractivity contribution in [1.29, 1.82) is 0 Å². The molecule has 0 N–H and O–H groups in total. The van der Waals surface area contributed by atoms with E-state index in [-0.39, 0.29) is 0 Å². The predicted octanol–water partition coefficient (Wildman–Crippen LogP) is 4.87. The average Bonchev–Trinajstić information content (AvgIpc) is 3.16. The van der Waals surface area contributed by atoms with Crippen LogP contribution in [-0.2, 0) is 0 Å². The van der Waals surface area contributed by atoms with Gasteiger partial charge in [0.2, 0.25) is 5.52 Å². The van der Waals surface area contributed by atoms with Crippen molar-refractivity contribution in [3.63, 3.8) is 0 Å². The van der Waals surface area contributed by atoms with Crippen molar-refractivity contribution < 1.29 is 4.40 Å². The van der Waals surface area contributed by atoms with Crippen molar-refractivity contribution in [3.8, 4) is 0 Å². The summed E-state index contributed by atoms with van der Waals surface area (Å²) in [4.78, 5) is 1.28. The Labute approximate surface area is 125 Å². The van der Waals surface area contributed by atoms with Crippen molar-refractivity contribution in [1.82, 2.24) is 0 Å². The normalized spacial score (nSPS) is 11.8. The number of nitrogens with zero attached hydrogens (tertiary/aromatic N) is 1. The molecule has 0 aromatic carbocycles. The zero-order valence-corrected chi connectivity index (χ0v) is 12.3. The summed E-state index contributed by atoms with van der Waals surface area (Å²) in [5.74, 6) is 0. The molecule has 0 spiro atoms. The van der Waals surface area contributed by atoms with E-state index in [0.29, 0.717) is 0 Å². The molecule has 0 aliphatic rings. The lowest BCUT2D eigenvalue weighted by Crippen LogP contribution is -2.19. The fourth-order valence-electron chi connectivity index (χ4n) is 2.33. The lowest BCUT2D eigenvalue weighted by molar-refractivity contribution is -0.510. The van der Waals surface area contributed by atoms with E-state index in [9.17, 15) is 0 Å². The Morgan fingerprint density at radius 1 is 0.900 bits per heavy atom. The standard InChI is InChI=1S/C17H12NS2/c1-2-15(19-10-1)4-3-13-5-8-18-9-6-14-7-11-20-17(14)16(18)12-13/h1-12H/q+1/b4-3+. The van der Waals surface area contributed by atoms with Gasteiger partial charge in [-0.05, 0) is 34.5 Å². The van der Waals surface area contributed by atoms with E-state index in [2.05, 4.69) is 76.1 Å². The van der Waals surface area contributed by atoms with Gasteiger partial charge in [-0.3, -0.25) is 0 Å². The minimum Gasteiger partial charge on any atom is -0.166 e. The number of fused-ring (bicyclic) bond motifs is 3. The highest BCUT2D eigenvalue weighted by atomic mass is 32.1. The molecule has 0 bridgehead atoms. The van der Waals surface area contributed by atoms with Gasteiger partial charge in [-0.25, -0.2) is 0 Å². The molecule has 0 amide bonds. The summed E-state index contributed by atoms with van der Waals surface area (Å²) in [5, 5.41) is 5.57. The number of aromatic nitrogens is 1. The third-order valence-electron chi connectivity index (χ3n) is 3.34. The quantitative estimate of drug-likeness (QED) is 0.464. The predicted molar refractivity (Wildman–Crippen MR) is 88.2 cm³/mol. The maximum Gasteiger partial charge on any atom is 0.229 e. The van der Waals surface area contributed by atoms with Crippen LogP contribution in [0, 0.1) is 0 Å². The van der Waals surface area contributed by atoms with Crippen LogP contribution in [0.4, 0.5) is 0 Å². The fraction of sp³-hybridized carbons (Fsp3) is 0. The molecule has 96 valence electrons. The second kappa shape index (κ2) is 4.85. The van der Waals surface area contributed by atoms with E-state index in [0.717, 1.165) is 0 Å². The molecule has 3 heteroatoms. The summed E-state index contributed by atoms with van der Waals surface area (Å²) >= 11 is 3.56. The molecule has 0 saturated carbocycles. The number of rotatable bonds is 2. The van der Waals surface area contributed by atoms with E-state index in [1.807, 2.05) is 0 Å². The Morgan fingerprint density at radius 2 is 1.85 bits per heavy atom. The molecule has 4 aromatic heterocycles. The third-order valence-corrected chi connectivity index (χ3v) is 5.13. The highest BCUT2D eigenvalue weighted by Gasteiger charge is 2.08. The molecule has 0 saturated heterocycles. The zero-order valence-electron chi connectivity index (χ0n) is 10.7. The van der Waals surface area contributed by atoms with Crippen molar-refractivity contribution in [2.45, 2.75) is 0 Å². The monoisotopic (exact) mass is 294 g/mol. The zero-order chi connectivity index (χ0) is 13.4. The minimum absolute atomic E-state index is 1.24. The van der Waals surface area contributed by atoms with Gasteiger partial charge < -0.3 is 0 Å². The summed E-state index contributed by atoms with van der Waals surface area (Å²) in [5.41, 5.74) is 2.50. The van der Waals surface area contributed by atoms with Gasteiger partial charge in [-0.1, -0.05) is 12.1 Å². The molecular formula is C17H12NS2+. The van der Waals surface area contributed by atoms with Gasteiger partial charge in [0.25, 0.3) is 0 Å². The summed E-state index contributed by atoms with van der Waals surface area (Å²) in [6.07, 6.45) is 8.60. The van der Waals surface area contributed by atoms with Crippen molar-refractivity contribution in [3.05, 3.63) is 70.0 Å². The summed E-state index contributed by atoms with van der Waals surface area (Å²) in [6, 6.07) is 13.0. The average molecular weight is 294 g/mol. The molecule has 4 rings (SSSR count). The molecule has 0 unspecified atom stereocenters. The van der Waals surface area contributed by atoms with Crippen LogP contribution in [0.1, 0.15) is 10.4 Å². The molecule has 1 nitrogen and oxygen atoms in total. The minimum atomic E-state index is 1.24. The lowest BCUT2D eigenvalue weighted by Gasteiger charge is -1.95. The van der Waals surface area contributed by atoms with Gasteiger partial charge in [0, 0.05) is 28.5 Å². The molecular weight excluding hydrogens is 282 g/mol. The third kappa shape index (κ3) is 2.05. The fourth-order valence-corrected chi connectivity index (χ4v) is 3.85. The van der Waals surface area contributed by atoms with Gasteiger partial charge in [0.15, 0.2) is 12.4 Å². The maximum atomic E-state index is 2.25. The van der Waals surface area contributed by atoms with E-state index in [4.69, 9.17) is 0 Å². The van der Waals surface area contributed by atoms with Crippen LogP contribution in [0.3, 0.4) is 0 Å². The SMILES string of the molecule is C(=C\c1cccs1)/c1cc[n+]2ccc3ccsc3c2c1. The van der Waals surface area contributed by atoms with Gasteiger partial charge in [-0.15, -0.1) is 22.7 Å². The first-order valence-electron chi connectivity index (χ1n) is 6.43. The number of pyridine rings is 2. The van der Waals surface area contributed by atoms with Crippen molar-refractivity contribution >= 4 is 50.4 Å². The van der Waals surface area contributed by atoms with Gasteiger partial charge in [-0.2, -0.15) is 4.40 Å². The smallest absolute Gasteiger partial charge is 0.166 e. The van der Waals surface area contributed by atoms with Gasteiger partial charge in [0.1, 0.15) is 4.70 Å². The van der Waals surface area contributed by atoms with Crippen LogP contribution < -0.4 is 4.40 Å². The highest BCUT2D eigenvalue weighted by molar-refractivity contribution is 7.18. The van der Waals surface area contributed by atoms with Crippen LogP contribution in [0.15, 0.2) is 59.6 Å². The topological polar surface area (TPSA) is 4.10 Å². The molecule has 0 aliphatic carbocycles. The number of thiophene rings is 2. The van der Waals surface area contributed by atoms with Crippen LogP contribution in [0.5, 0.6) is 0 Å². The van der Waals surface area contributed by atoms with Crippen LogP contribution in [0.2, 0.25) is 0 Å². The molecule has 0 atom stereocenters. The van der Waals surface area contributed by atoms with Gasteiger partial charge in [0.05, 0.1) is 0 Å². The second-order valence-corrected chi connectivity index (χ2v) is 6.52. The summed E-state index contributed by atoms with van der Waals surface area (Å²) in [7, 11) is 0. The second-order valence-electron chi connectivity index (χ2n) is 4.62. The summed E-state index contributed by atoms with van der Waals surface area (Å²) in [6.45, 7) is 0. The van der Waals surface area contributed by atoms with Crippen LogP contribution in [0.25, 0.3) is 27.8 Å². The van der Waals surface area contributed by atoms with E-state index < -0.39 is 0 Å². The molecule has 0 aliphatic heterocycles. The van der Waals surface area contributed by atoms with E-state index >= 15 is 0 Å². The Morgan fingerprint density at radius 3 is 2.75 bits per heavy atom. The van der Waals surface area contributed by atoms with E-state index in [1.165, 1.54) is 26.0 Å². The number of hydrogen-bond acceptors (Lipinski definition) is 2. The molecule has 0 radical (unpaired) electrons. The van der Waals surface area contributed by atoms with Crippen LogP contribution >= 0.6 is 22.7 Å². The van der Waals surface area contributed by atoms with Crippen molar-refractivity contribution in [2.24, 2.45) is 0 Å². The molecule has 4 heterocycles. The Kier molecular flexibility index (Phi) is 2.87. The number of hydrogen-bond donors (Lipinski definition) is 0. The maximum absolute atomic E-state index is 2.25.